The van der Waals surface area contributed by atoms with Gasteiger partial charge in [-0.3, -0.25) is 9.59 Å². The zero-order valence-electron chi connectivity index (χ0n) is 22.1. The van der Waals surface area contributed by atoms with E-state index in [2.05, 4.69) is 10.3 Å². The van der Waals surface area contributed by atoms with E-state index in [0.29, 0.717) is 54.7 Å². The van der Waals surface area contributed by atoms with Crippen molar-refractivity contribution < 1.29 is 18.0 Å². The lowest BCUT2D eigenvalue weighted by Crippen LogP contribution is -2.38. The van der Waals surface area contributed by atoms with Crippen LogP contribution in [-0.2, 0) is 21.2 Å². The summed E-state index contributed by atoms with van der Waals surface area (Å²) in [6.45, 7) is 4.51. The molecule has 0 aliphatic carbocycles. The molecule has 0 atom stereocenters. The van der Waals surface area contributed by atoms with Crippen LogP contribution in [0.15, 0.2) is 71.8 Å². The molecule has 3 aromatic rings. The average molecular weight is 569 g/mol. The van der Waals surface area contributed by atoms with Crippen molar-refractivity contribution in [1.82, 2.24) is 9.88 Å². The molecule has 1 aliphatic heterocycles. The molecule has 0 bridgehead atoms. The molecule has 2 aromatic carbocycles. The number of carbonyl (C=O) groups is 2. The molecule has 1 N–H and O–H groups in total. The lowest BCUT2D eigenvalue weighted by molar-refractivity contribution is -0.132. The molecule has 0 radical (unpaired) electrons. The van der Waals surface area contributed by atoms with Crippen LogP contribution < -0.4 is 10.2 Å². The molecule has 1 fully saturated rings. The van der Waals surface area contributed by atoms with Gasteiger partial charge in [-0.15, -0.1) is 0 Å². The predicted molar refractivity (Wildman–Crippen MR) is 154 cm³/mol. The maximum Gasteiger partial charge on any atom is 0.255 e. The van der Waals surface area contributed by atoms with Crippen molar-refractivity contribution in [3.63, 3.8) is 0 Å². The molecule has 1 aliphatic rings. The number of aromatic nitrogens is 1. The van der Waals surface area contributed by atoms with Crippen LogP contribution in [0.1, 0.15) is 42.1 Å². The first-order valence-corrected chi connectivity index (χ1v) is 15.2. The van der Waals surface area contributed by atoms with Crippen LogP contribution in [0.25, 0.3) is 0 Å². The van der Waals surface area contributed by atoms with E-state index in [4.69, 9.17) is 11.6 Å². The number of hydrogen-bond donors (Lipinski definition) is 1. The standard InChI is InChI=1S/C29H33ClN4O4S/c1-3-33(20-22-8-5-4-6-9-22)27(35)16-21-12-14-34(15-13-21)28-26(18-25(19-31-28)39(2,37)38)32-29(36)23-10-7-11-24(30)17-23/h4-11,17-19,21H,3,12-16,20H2,1-2H3,(H,32,36). The number of anilines is 2. The fraction of sp³-hybridized carbons (Fsp3) is 0.345. The summed E-state index contributed by atoms with van der Waals surface area (Å²) in [5, 5.41) is 3.25. The zero-order valence-corrected chi connectivity index (χ0v) is 23.7. The fourth-order valence-corrected chi connectivity index (χ4v) is 5.48. The minimum Gasteiger partial charge on any atom is -0.355 e. The van der Waals surface area contributed by atoms with Crippen LogP contribution in [-0.4, -0.2) is 56.0 Å². The fourth-order valence-electron chi connectivity index (χ4n) is 4.71. The number of amides is 2. The van der Waals surface area contributed by atoms with Crippen LogP contribution in [0, 0.1) is 5.92 Å². The van der Waals surface area contributed by atoms with Crippen molar-refractivity contribution in [1.29, 1.82) is 0 Å². The number of hydrogen-bond acceptors (Lipinski definition) is 6. The molecule has 39 heavy (non-hydrogen) atoms. The van der Waals surface area contributed by atoms with E-state index in [1.54, 1.807) is 24.3 Å². The molecule has 0 spiro atoms. The van der Waals surface area contributed by atoms with E-state index in [1.165, 1.54) is 12.3 Å². The summed E-state index contributed by atoms with van der Waals surface area (Å²) < 4.78 is 24.4. The lowest BCUT2D eigenvalue weighted by atomic mass is 9.92. The second-order valence-electron chi connectivity index (χ2n) is 9.81. The summed E-state index contributed by atoms with van der Waals surface area (Å²) in [6.07, 6.45) is 4.47. The third kappa shape index (κ3) is 7.58. The lowest BCUT2D eigenvalue weighted by Gasteiger charge is -2.34. The second kappa shape index (κ2) is 12.6. The molecular formula is C29H33ClN4O4S. The Labute approximate surface area is 234 Å². The van der Waals surface area contributed by atoms with Crippen molar-refractivity contribution in [3.8, 4) is 0 Å². The highest BCUT2D eigenvalue weighted by Gasteiger charge is 2.27. The molecule has 4 rings (SSSR count). The molecular weight excluding hydrogens is 536 g/mol. The number of nitrogens with zero attached hydrogens (tertiary/aromatic N) is 3. The van der Waals surface area contributed by atoms with Crippen molar-refractivity contribution in [3.05, 3.63) is 83.0 Å². The highest BCUT2D eigenvalue weighted by Crippen LogP contribution is 2.31. The first-order chi connectivity index (χ1) is 18.6. The minimum atomic E-state index is -3.53. The van der Waals surface area contributed by atoms with Crippen LogP contribution >= 0.6 is 11.6 Å². The van der Waals surface area contributed by atoms with Gasteiger partial charge in [-0.2, -0.15) is 0 Å². The minimum absolute atomic E-state index is 0.0196. The molecule has 206 valence electrons. The summed E-state index contributed by atoms with van der Waals surface area (Å²) in [4.78, 5) is 34.4. The van der Waals surface area contributed by atoms with Crippen LogP contribution in [0.2, 0.25) is 5.02 Å². The number of nitrogens with one attached hydrogen (secondary N) is 1. The van der Waals surface area contributed by atoms with E-state index in [0.717, 1.165) is 24.7 Å². The summed E-state index contributed by atoms with van der Waals surface area (Å²) in [5.74, 6) is 0.467. The second-order valence-corrected chi connectivity index (χ2v) is 12.3. The van der Waals surface area contributed by atoms with Gasteiger partial charge in [0, 0.05) is 55.6 Å². The highest BCUT2D eigenvalue weighted by atomic mass is 35.5. The molecule has 0 saturated carbocycles. The number of rotatable bonds is 9. The molecule has 2 amide bonds. The van der Waals surface area contributed by atoms with Crippen molar-refractivity contribution >= 4 is 44.8 Å². The molecule has 1 saturated heterocycles. The maximum absolute atomic E-state index is 13.1. The summed E-state index contributed by atoms with van der Waals surface area (Å²) in [7, 11) is -3.53. The number of benzene rings is 2. The van der Waals surface area contributed by atoms with E-state index >= 15 is 0 Å². The van der Waals surface area contributed by atoms with Gasteiger partial charge in [0.05, 0.1) is 10.6 Å². The van der Waals surface area contributed by atoms with E-state index in [1.807, 2.05) is 47.1 Å². The van der Waals surface area contributed by atoms with Crippen molar-refractivity contribution in [2.75, 3.05) is 36.1 Å². The first-order valence-electron chi connectivity index (χ1n) is 13.0. The largest absolute Gasteiger partial charge is 0.355 e. The van der Waals surface area contributed by atoms with Crippen LogP contribution in [0.5, 0.6) is 0 Å². The number of piperidine rings is 1. The smallest absolute Gasteiger partial charge is 0.255 e. The number of carbonyl (C=O) groups excluding carboxylic acids is 2. The van der Waals surface area contributed by atoms with Crippen molar-refractivity contribution in [2.24, 2.45) is 5.92 Å². The third-order valence-electron chi connectivity index (χ3n) is 6.93. The third-order valence-corrected chi connectivity index (χ3v) is 8.25. The summed E-state index contributed by atoms with van der Waals surface area (Å²) >= 11 is 6.04. The molecule has 8 nitrogen and oxygen atoms in total. The number of pyridine rings is 1. The predicted octanol–water partition coefficient (Wildman–Crippen LogP) is 5.05. The zero-order chi connectivity index (χ0) is 28.0. The Morgan fingerprint density at radius 1 is 1.08 bits per heavy atom. The van der Waals surface area contributed by atoms with Gasteiger partial charge in [-0.25, -0.2) is 13.4 Å². The monoisotopic (exact) mass is 568 g/mol. The Balaban J connectivity index is 1.44. The Morgan fingerprint density at radius 3 is 2.44 bits per heavy atom. The van der Waals surface area contributed by atoms with E-state index < -0.39 is 15.7 Å². The van der Waals surface area contributed by atoms with Gasteiger partial charge < -0.3 is 15.1 Å². The van der Waals surface area contributed by atoms with Crippen molar-refractivity contribution in [2.45, 2.75) is 37.6 Å². The normalized spacial score (nSPS) is 14.2. The Morgan fingerprint density at radius 2 is 1.79 bits per heavy atom. The Kier molecular flexibility index (Phi) is 9.24. The Hall–Kier alpha value is -3.43. The molecule has 2 heterocycles. The van der Waals surface area contributed by atoms with Gasteiger partial charge in [0.15, 0.2) is 15.7 Å². The van der Waals surface area contributed by atoms with Gasteiger partial charge in [-0.05, 0) is 55.5 Å². The number of sulfone groups is 1. The Bertz CT molecular complexity index is 1420. The molecule has 10 heteroatoms. The summed E-state index contributed by atoms with van der Waals surface area (Å²) in [6, 6.07) is 17.9. The SMILES string of the molecule is CCN(Cc1ccccc1)C(=O)CC1CCN(c2ncc(S(C)(=O)=O)cc2NC(=O)c2cccc(Cl)c2)CC1. The van der Waals surface area contributed by atoms with Gasteiger partial charge in [0.1, 0.15) is 0 Å². The van der Waals surface area contributed by atoms with Gasteiger partial charge in [-0.1, -0.05) is 48.0 Å². The van der Waals surface area contributed by atoms with Crippen LogP contribution in [0.3, 0.4) is 0 Å². The average Bonchev–Trinajstić information content (AvgIpc) is 2.92. The van der Waals surface area contributed by atoms with Crippen LogP contribution in [0.4, 0.5) is 11.5 Å². The van der Waals surface area contributed by atoms with Gasteiger partial charge in [0.2, 0.25) is 5.91 Å². The topological polar surface area (TPSA) is 99.7 Å². The molecule has 0 unspecified atom stereocenters. The highest BCUT2D eigenvalue weighted by molar-refractivity contribution is 7.90. The summed E-state index contributed by atoms with van der Waals surface area (Å²) in [5.41, 5.74) is 1.78. The first kappa shape index (κ1) is 28.6. The van der Waals surface area contributed by atoms with Gasteiger partial charge in [0.25, 0.3) is 5.91 Å². The van der Waals surface area contributed by atoms with Gasteiger partial charge >= 0.3 is 0 Å². The molecule has 1 aromatic heterocycles. The quantitative estimate of drug-likeness (QED) is 0.388. The van der Waals surface area contributed by atoms with E-state index in [-0.39, 0.29) is 16.7 Å². The van der Waals surface area contributed by atoms with E-state index in [9.17, 15) is 18.0 Å². The number of halogens is 1. The maximum atomic E-state index is 13.1.